The van der Waals surface area contributed by atoms with Gasteiger partial charge in [-0.25, -0.2) is 9.59 Å². The van der Waals surface area contributed by atoms with Gasteiger partial charge in [-0.15, -0.1) is 0 Å². The van der Waals surface area contributed by atoms with Crippen LogP contribution in [-0.2, 0) is 9.59 Å². The van der Waals surface area contributed by atoms with E-state index in [4.69, 9.17) is 5.11 Å². The zero-order valence-electron chi connectivity index (χ0n) is 11.4. The average Bonchev–Trinajstić information content (AvgIpc) is 2.43. The molecule has 3 amide bonds. The lowest BCUT2D eigenvalue weighted by Gasteiger charge is -2.36. The van der Waals surface area contributed by atoms with Crippen LogP contribution in [0.5, 0.6) is 0 Å². The number of amides is 3. The van der Waals surface area contributed by atoms with Gasteiger partial charge in [0, 0.05) is 44.1 Å². The summed E-state index contributed by atoms with van der Waals surface area (Å²) in [6.07, 6.45) is 1.02. The Hall–Kier alpha value is -1.44. The van der Waals surface area contributed by atoms with Crippen molar-refractivity contribution in [2.24, 2.45) is 0 Å². The molecule has 2 aliphatic heterocycles. The van der Waals surface area contributed by atoms with Crippen molar-refractivity contribution in [2.75, 3.05) is 31.6 Å². The highest BCUT2D eigenvalue weighted by Crippen LogP contribution is 2.17. The predicted octanol–water partition coefficient (Wildman–Crippen LogP) is -0.181. The largest absolute Gasteiger partial charge is 0.480 e. The Kier molecular flexibility index (Phi) is 4.74. The summed E-state index contributed by atoms with van der Waals surface area (Å²) in [5, 5.41) is 12.0. The number of carbonyl (C=O) groups is 3. The number of aliphatic carboxylic acids is 1. The third kappa shape index (κ3) is 3.36. The number of urea groups is 1. The quantitative estimate of drug-likeness (QED) is 0.738. The summed E-state index contributed by atoms with van der Waals surface area (Å²) in [6, 6.07) is -1.21. The maximum atomic E-state index is 12.2. The third-order valence-corrected chi connectivity index (χ3v) is 4.65. The van der Waals surface area contributed by atoms with Crippen LogP contribution in [0.2, 0.25) is 0 Å². The lowest BCUT2D eigenvalue weighted by atomic mass is 10.1. The first-order valence-corrected chi connectivity index (χ1v) is 7.76. The molecule has 0 spiro atoms. The zero-order valence-corrected chi connectivity index (χ0v) is 12.2. The van der Waals surface area contributed by atoms with E-state index < -0.39 is 12.0 Å². The normalized spacial score (nSPS) is 27.4. The van der Waals surface area contributed by atoms with E-state index in [0.717, 1.165) is 5.75 Å². The Morgan fingerprint density at radius 3 is 2.85 bits per heavy atom. The number of hydrogen-bond acceptors (Lipinski definition) is 4. The lowest BCUT2D eigenvalue weighted by Crippen LogP contribution is -2.57. The van der Waals surface area contributed by atoms with Crippen molar-refractivity contribution >= 4 is 29.7 Å². The molecule has 2 aliphatic rings. The van der Waals surface area contributed by atoms with Gasteiger partial charge in [0.2, 0.25) is 5.91 Å². The smallest absolute Gasteiger partial charge is 0.327 e. The molecule has 2 N–H and O–H groups in total. The average molecular weight is 301 g/mol. The fourth-order valence-corrected chi connectivity index (χ4v) is 3.48. The molecule has 0 aromatic rings. The number of nitrogens with zero attached hydrogens (tertiary/aromatic N) is 2. The van der Waals surface area contributed by atoms with E-state index in [1.54, 1.807) is 23.7 Å². The molecule has 2 fully saturated rings. The van der Waals surface area contributed by atoms with Crippen LogP contribution in [0.15, 0.2) is 0 Å². The highest BCUT2D eigenvalue weighted by Gasteiger charge is 2.34. The van der Waals surface area contributed by atoms with Crippen molar-refractivity contribution in [3.05, 3.63) is 0 Å². The van der Waals surface area contributed by atoms with Crippen LogP contribution in [0.25, 0.3) is 0 Å². The first kappa shape index (κ1) is 15.0. The highest BCUT2D eigenvalue weighted by molar-refractivity contribution is 7.99. The Labute approximate surface area is 121 Å². The van der Waals surface area contributed by atoms with E-state index in [1.165, 1.54) is 4.90 Å². The number of likely N-dealkylation sites (N-methyl/N-ethyl adjacent to an activating group) is 1. The second kappa shape index (κ2) is 6.34. The Bertz CT molecular complexity index is 418. The van der Waals surface area contributed by atoms with Gasteiger partial charge < -0.3 is 20.2 Å². The fraction of sp³-hybridized carbons (Fsp3) is 0.750. The van der Waals surface area contributed by atoms with E-state index in [2.05, 4.69) is 5.32 Å². The van der Waals surface area contributed by atoms with Gasteiger partial charge >= 0.3 is 12.0 Å². The molecule has 0 aromatic heterocycles. The summed E-state index contributed by atoms with van der Waals surface area (Å²) < 4.78 is 0. The number of carbonyl (C=O) groups excluding carboxylic acids is 2. The minimum Gasteiger partial charge on any atom is -0.480 e. The predicted molar refractivity (Wildman–Crippen MR) is 74.6 cm³/mol. The van der Waals surface area contributed by atoms with E-state index in [9.17, 15) is 14.4 Å². The molecule has 2 saturated heterocycles. The number of carboxylic acid groups (broad SMARTS) is 1. The Morgan fingerprint density at radius 1 is 1.45 bits per heavy atom. The van der Waals surface area contributed by atoms with Crippen molar-refractivity contribution in [3.63, 3.8) is 0 Å². The molecule has 2 atom stereocenters. The number of likely N-dealkylation sites (tertiary alicyclic amines) is 1. The molecule has 0 radical (unpaired) electrons. The van der Waals surface area contributed by atoms with Gasteiger partial charge in [-0.05, 0) is 6.42 Å². The number of thioether (sulfide) groups is 1. The topological polar surface area (TPSA) is 90.0 Å². The van der Waals surface area contributed by atoms with Gasteiger partial charge in [0.25, 0.3) is 0 Å². The molecule has 20 heavy (non-hydrogen) atoms. The van der Waals surface area contributed by atoms with Crippen molar-refractivity contribution in [3.8, 4) is 0 Å². The van der Waals surface area contributed by atoms with Crippen LogP contribution in [0.3, 0.4) is 0 Å². The van der Waals surface area contributed by atoms with Gasteiger partial charge in [0.1, 0.15) is 6.04 Å². The summed E-state index contributed by atoms with van der Waals surface area (Å²) in [5.41, 5.74) is 0. The van der Waals surface area contributed by atoms with Gasteiger partial charge in [0.15, 0.2) is 0 Å². The molecule has 0 aliphatic carbocycles. The molecule has 7 nitrogen and oxygen atoms in total. The van der Waals surface area contributed by atoms with Crippen LogP contribution >= 0.6 is 11.8 Å². The van der Waals surface area contributed by atoms with Crippen molar-refractivity contribution in [2.45, 2.75) is 24.9 Å². The van der Waals surface area contributed by atoms with Crippen molar-refractivity contribution < 1.29 is 19.5 Å². The summed E-state index contributed by atoms with van der Waals surface area (Å²) in [4.78, 5) is 37.7. The zero-order chi connectivity index (χ0) is 14.7. The molecule has 8 heteroatoms. The minimum absolute atomic E-state index is 0.0771. The molecule has 2 heterocycles. The lowest BCUT2D eigenvalue weighted by molar-refractivity contribution is -0.141. The molecule has 112 valence electrons. The van der Waals surface area contributed by atoms with E-state index in [1.807, 2.05) is 0 Å². The number of piperidine rings is 1. The number of carboxylic acids is 1. The van der Waals surface area contributed by atoms with Crippen LogP contribution in [0, 0.1) is 0 Å². The van der Waals surface area contributed by atoms with Gasteiger partial charge in [-0.3, -0.25) is 4.79 Å². The Balaban J connectivity index is 1.93. The number of rotatable bonds is 2. The number of nitrogens with one attached hydrogen (secondary N) is 1. The van der Waals surface area contributed by atoms with E-state index >= 15 is 0 Å². The van der Waals surface area contributed by atoms with Crippen molar-refractivity contribution in [1.29, 1.82) is 0 Å². The third-order valence-electron chi connectivity index (χ3n) is 3.63. The maximum absolute atomic E-state index is 12.2. The van der Waals surface area contributed by atoms with Gasteiger partial charge in [-0.2, -0.15) is 11.8 Å². The van der Waals surface area contributed by atoms with Gasteiger partial charge in [0.05, 0.1) is 0 Å². The van der Waals surface area contributed by atoms with E-state index in [0.29, 0.717) is 31.7 Å². The van der Waals surface area contributed by atoms with Crippen LogP contribution in [0.4, 0.5) is 4.79 Å². The standard InChI is InChI=1S/C12H19N3O4S/c1-14-6-8(2-3-10(14)16)13-12(19)15-4-5-20-7-9(15)11(17)18/h8-9H,2-7H2,1H3,(H,13,19)(H,17,18). The first-order valence-electron chi connectivity index (χ1n) is 6.60. The summed E-state index contributed by atoms with van der Waals surface area (Å²) >= 11 is 1.54. The monoisotopic (exact) mass is 301 g/mol. The molecular formula is C12H19N3O4S. The highest BCUT2D eigenvalue weighted by atomic mass is 32.2. The Morgan fingerprint density at radius 2 is 2.20 bits per heavy atom. The van der Waals surface area contributed by atoms with Crippen LogP contribution < -0.4 is 5.32 Å². The fourth-order valence-electron chi connectivity index (χ4n) is 2.44. The van der Waals surface area contributed by atoms with E-state index in [-0.39, 0.29) is 18.0 Å². The molecular weight excluding hydrogens is 282 g/mol. The van der Waals surface area contributed by atoms with Crippen LogP contribution in [-0.4, -0.2) is 76.5 Å². The number of hydrogen-bond donors (Lipinski definition) is 2. The minimum atomic E-state index is -0.969. The summed E-state index contributed by atoms with van der Waals surface area (Å²) in [6.45, 7) is 0.917. The SMILES string of the molecule is CN1CC(NC(=O)N2CCSCC2C(=O)O)CCC1=O. The maximum Gasteiger partial charge on any atom is 0.327 e. The summed E-state index contributed by atoms with van der Waals surface area (Å²) in [5.74, 6) is 0.281. The second-order valence-corrected chi connectivity index (χ2v) is 6.23. The van der Waals surface area contributed by atoms with Gasteiger partial charge in [-0.1, -0.05) is 0 Å². The first-order chi connectivity index (χ1) is 9.49. The second-order valence-electron chi connectivity index (χ2n) is 5.08. The van der Waals surface area contributed by atoms with Crippen LogP contribution in [0.1, 0.15) is 12.8 Å². The summed E-state index contributed by atoms with van der Waals surface area (Å²) in [7, 11) is 1.71. The molecule has 2 unspecified atom stereocenters. The molecule has 0 bridgehead atoms. The molecule has 2 rings (SSSR count). The molecule has 0 saturated carbocycles. The molecule has 0 aromatic carbocycles. The van der Waals surface area contributed by atoms with Crippen molar-refractivity contribution in [1.82, 2.24) is 15.1 Å².